The van der Waals surface area contributed by atoms with Crippen LogP contribution >= 0.6 is 0 Å². The zero-order chi connectivity index (χ0) is 22.5. The van der Waals surface area contributed by atoms with Gasteiger partial charge < -0.3 is 19.1 Å². The van der Waals surface area contributed by atoms with Gasteiger partial charge in [-0.25, -0.2) is 4.39 Å². The fourth-order valence-corrected chi connectivity index (χ4v) is 3.77. The summed E-state index contributed by atoms with van der Waals surface area (Å²) >= 11 is 0. The van der Waals surface area contributed by atoms with E-state index in [1.54, 1.807) is 29.8 Å². The molecule has 1 aromatic heterocycles. The average molecular weight is 435 g/mol. The Hall–Kier alpha value is -3.61. The lowest BCUT2D eigenvalue weighted by Crippen LogP contribution is -2.49. The third kappa shape index (κ3) is 5.17. The molecule has 1 amide bonds. The summed E-state index contributed by atoms with van der Waals surface area (Å²) in [5, 5.41) is 0. The maximum absolute atomic E-state index is 13.1. The fourth-order valence-electron chi connectivity index (χ4n) is 3.77. The summed E-state index contributed by atoms with van der Waals surface area (Å²) in [5.41, 5.74) is 2.37. The van der Waals surface area contributed by atoms with Crippen LogP contribution in [0.1, 0.15) is 11.3 Å². The molecule has 0 atom stereocenters. The maximum Gasteiger partial charge on any atom is 0.242 e. The van der Waals surface area contributed by atoms with Gasteiger partial charge in [0.05, 0.1) is 6.20 Å². The van der Waals surface area contributed by atoms with Crippen molar-refractivity contribution in [2.45, 2.75) is 20.1 Å². The Bertz CT molecular complexity index is 1120. The van der Waals surface area contributed by atoms with Crippen LogP contribution in [0.15, 0.2) is 71.7 Å². The van der Waals surface area contributed by atoms with Crippen LogP contribution in [0.25, 0.3) is 0 Å². The van der Waals surface area contributed by atoms with E-state index in [1.165, 1.54) is 23.9 Å². The number of carbonyl (C=O) groups is 1. The van der Waals surface area contributed by atoms with E-state index in [9.17, 15) is 14.0 Å². The van der Waals surface area contributed by atoms with Crippen LogP contribution in [-0.2, 0) is 17.9 Å². The number of nitrogens with zero attached hydrogens (tertiary/aromatic N) is 3. The lowest BCUT2D eigenvalue weighted by atomic mass is 10.2. The van der Waals surface area contributed by atoms with Gasteiger partial charge >= 0.3 is 0 Å². The predicted molar refractivity (Wildman–Crippen MR) is 121 cm³/mol. The molecule has 166 valence electrons. The number of aromatic nitrogens is 1. The van der Waals surface area contributed by atoms with E-state index in [0.717, 1.165) is 18.7 Å². The van der Waals surface area contributed by atoms with Crippen molar-refractivity contribution in [2.24, 2.45) is 0 Å². The number of carbonyl (C=O) groups excluding carboxylic acids is 1. The summed E-state index contributed by atoms with van der Waals surface area (Å²) in [6.07, 6.45) is 1.58. The molecule has 2 heterocycles. The molecule has 0 saturated carbocycles. The van der Waals surface area contributed by atoms with Crippen molar-refractivity contribution < 1.29 is 13.9 Å². The molecule has 0 radical (unpaired) electrons. The van der Waals surface area contributed by atoms with Gasteiger partial charge in [0.15, 0.2) is 5.75 Å². The Kier molecular flexibility index (Phi) is 6.54. The minimum atomic E-state index is -0.324. The number of amides is 1. The fraction of sp³-hybridized carbons (Fsp3) is 0.280. The zero-order valence-electron chi connectivity index (χ0n) is 18.0. The molecule has 32 heavy (non-hydrogen) atoms. The highest BCUT2D eigenvalue weighted by Gasteiger charge is 2.22. The first-order valence-corrected chi connectivity index (χ1v) is 10.7. The molecule has 1 aliphatic rings. The zero-order valence-corrected chi connectivity index (χ0v) is 18.0. The second-order valence-electron chi connectivity index (χ2n) is 7.89. The van der Waals surface area contributed by atoms with E-state index >= 15 is 0 Å². The lowest BCUT2D eigenvalue weighted by molar-refractivity contribution is -0.132. The largest absolute Gasteiger partial charge is 0.483 e. The van der Waals surface area contributed by atoms with E-state index in [-0.39, 0.29) is 36.1 Å². The number of para-hydroxylation sites is 1. The van der Waals surface area contributed by atoms with Gasteiger partial charge in [-0.05, 0) is 36.8 Å². The molecule has 0 aliphatic carbocycles. The van der Waals surface area contributed by atoms with Crippen molar-refractivity contribution in [1.29, 1.82) is 0 Å². The van der Waals surface area contributed by atoms with Gasteiger partial charge in [-0.3, -0.25) is 9.59 Å². The first kappa shape index (κ1) is 21.6. The molecule has 1 fully saturated rings. The van der Waals surface area contributed by atoms with Gasteiger partial charge in [0.2, 0.25) is 11.3 Å². The van der Waals surface area contributed by atoms with Crippen molar-refractivity contribution in [3.63, 3.8) is 0 Å². The maximum atomic E-state index is 13.1. The van der Waals surface area contributed by atoms with E-state index in [2.05, 4.69) is 17.0 Å². The van der Waals surface area contributed by atoms with Gasteiger partial charge in [-0.1, -0.05) is 30.3 Å². The summed E-state index contributed by atoms with van der Waals surface area (Å²) in [4.78, 5) is 29.4. The van der Waals surface area contributed by atoms with Crippen LogP contribution in [0.5, 0.6) is 5.75 Å². The standard InChI is InChI=1S/C25H26FN3O3/c1-19-15-23(30)24(32-18-20-7-9-21(26)10-8-20)16-29(19)17-25(31)28-13-11-27(12-14-28)22-5-3-2-4-6-22/h2-10,15-16H,11-14,17-18H2,1H3. The van der Waals surface area contributed by atoms with Crippen LogP contribution < -0.4 is 15.1 Å². The number of ether oxygens (including phenoxy) is 1. The number of piperazine rings is 1. The Balaban J connectivity index is 1.38. The Morgan fingerprint density at radius 3 is 2.38 bits per heavy atom. The van der Waals surface area contributed by atoms with E-state index in [4.69, 9.17) is 4.74 Å². The summed E-state index contributed by atoms with van der Waals surface area (Å²) in [5.74, 6) is -0.148. The van der Waals surface area contributed by atoms with Gasteiger partial charge in [-0.15, -0.1) is 0 Å². The normalized spacial score (nSPS) is 13.8. The second kappa shape index (κ2) is 9.68. The molecule has 7 heteroatoms. The second-order valence-corrected chi connectivity index (χ2v) is 7.89. The molecule has 0 N–H and O–H groups in total. The van der Waals surface area contributed by atoms with Crippen molar-refractivity contribution in [1.82, 2.24) is 9.47 Å². The SMILES string of the molecule is Cc1cc(=O)c(OCc2ccc(F)cc2)cn1CC(=O)N1CCN(c2ccccc2)CC1. The highest BCUT2D eigenvalue weighted by Crippen LogP contribution is 2.16. The monoisotopic (exact) mass is 435 g/mol. The Morgan fingerprint density at radius 2 is 1.69 bits per heavy atom. The van der Waals surface area contributed by atoms with Crippen molar-refractivity contribution in [2.75, 3.05) is 31.1 Å². The lowest BCUT2D eigenvalue weighted by Gasteiger charge is -2.36. The number of benzene rings is 2. The third-order valence-corrected chi connectivity index (χ3v) is 5.68. The van der Waals surface area contributed by atoms with Gasteiger partial charge in [0, 0.05) is 43.6 Å². The molecule has 1 aliphatic heterocycles. The molecular weight excluding hydrogens is 409 g/mol. The minimum absolute atomic E-state index is 0.00828. The van der Waals surface area contributed by atoms with Crippen LogP contribution in [0.4, 0.5) is 10.1 Å². The first-order valence-electron chi connectivity index (χ1n) is 10.7. The Labute approximate surface area is 186 Å². The number of halogens is 1. The predicted octanol–water partition coefficient (Wildman–Crippen LogP) is 3.22. The molecule has 4 rings (SSSR count). The number of hydrogen-bond acceptors (Lipinski definition) is 4. The first-order chi connectivity index (χ1) is 15.5. The molecular formula is C25H26FN3O3. The van der Waals surface area contributed by atoms with Crippen molar-refractivity contribution >= 4 is 11.6 Å². The van der Waals surface area contributed by atoms with Gasteiger partial charge in [0.25, 0.3) is 0 Å². The quantitative estimate of drug-likeness (QED) is 0.597. The summed E-state index contributed by atoms with van der Waals surface area (Å²) in [6.45, 7) is 4.96. The van der Waals surface area contributed by atoms with Gasteiger partial charge in [0.1, 0.15) is 19.0 Å². The van der Waals surface area contributed by atoms with Crippen LogP contribution in [-0.4, -0.2) is 41.6 Å². The van der Waals surface area contributed by atoms with Crippen molar-refractivity contribution in [3.8, 4) is 5.75 Å². The molecule has 1 saturated heterocycles. The van der Waals surface area contributed by atoms with Crippen molar-refractivity contribution in [3.05, 3.63) is 94.2 Å². The number of anilines is 1. The molecule has 0 unspecified atom stereocenters. The molecule has 3 aromatic rings. The van der Waals surface area contributed by atoms with Crippen LogP contribution in [0.2, 0.25) is 0 Å². The third-order valence-electron chi connectivity index (χ3n) is 5.68. The molecule has 0 bridgehead atoms. The summed E-state index contributed by atoms with van der Waals surface area (Å²) in [6, 6.07) is 17.6. The molecule has 0 spiro atoms. The topological polar surface area (TPSA) is 54.8 Å². The van der Waals surface area contributed by atoms with Crippen LogP contribution in [0.3, 0.4) is 0 Å². The highest BCUT2D eigenvalue weighted by atomic mass is 19.1. The van der Waals surface area contributed by atoms with E-state index < -0.39 is 0 Å². The molecule has 6 nitrogen and oxygen atoms in total. The highest BCUT2D eigenvalue weighted by molar-refractivity contribution is 5.76. The minimum Gasteiger partial charge on any atom is -0.483 e. The number of aryl methyl sites for hydroxylation is 1. The summed E-state index contributed by atoms with van der Waals surface area (Å²) in [7, 11) is 0. The van der Waals surface area contributed by atoms with Crippen LogP contribution in [0, 0.1) is 12.7 Å². The molecule has 2 aromatic carbocycles. The Morgan fingerprint density at radius 1 is 1.00 bits per heavy atom. The van der Waals surface area contributed by atoms with E-state index in [0.29, 0.717) is 18.8 Å². The average Bonchev–Trinajstić information content (AvgIpc) is 2.82. The van der Waals surface area contributed by atoms with Gasteiger partial charge in [-0.2, -0.15) is 0 Å². The van der Waals surface area contributed by atoms with E-state index in [1.807, 2.05) is 23.1 Å². The summed E-state index contributed by atoms with van der Waals surface area (Å²) < 4.78 is 20.5. The smallest absolute Gasteiger partial charge is 0.242 e. The number of pyridine rings is 1. The number of rotatable bonds is 6. The number of hydrogen-bond donors (Lipinski definition) is 0.